The Morgan fingerprint density at radius 2 is 1.67 bits per heavy atom. The van der Waals surface area contributed by atoms with Gasteiger partial charge in [0, 0.05) is 5.71 Å². The van der Waals surface area contributed by atoms with Gasteiger partial charge >= 0.3 is 0 Å². The SMILES string of the molecule is C=C(C)c1cc(CC)ccc1CCc1ccc(C)c(N=C(C)C)c1. The molecular formula is C23H29N. The lowest BCUT2D eigenvalue weighted by molar-refractivity contribution is 0.951. The van der Waals surface area contributed by atoms with Crippen LogP contribution in [0.1, 0.15) is 55.5 Å². The lowest BCUT2D eigenvalue weighted by atomic mass is 9.93. The van der Waals surface area contributed by atoms with Crippen LogP contribution in [0.4, 0.5) is 5.69 Å². The van der Waals surface area contributed by atoms with Crippen LogP contribution in [-0.2, 0) is 19.3 Å². The van der Waals surface area contributed by atoms with Gasteiger partial charge in [-0.25, -0.2) is 0 Å². The highest BCUT2D eigenvalue weighted by Gasteiger charge is 2.06. The van der Waals surface area contributed by atoms with Crippen LogP contribution in [0.25, 0.3) is 5.57 Å². The number of benzene rings is 2. The summed E-state index contributed by atoms with van der Waals surface area (Å²) in [5.74, 6) is 0. The monoisotopic (exact) mass is 319 g/mol. The van der Waals surface area contributed by atoms with Gasteiger partial charge in [-0.1, -0.05) is 49.4 Å². The van der Waals surface area contributed by atoms with Crippen LogP contribution in [0.15, 0.2) is 48.0 Å². The fourth-order valence-electron chi connectivity index (χ4n) is 2.91. The molecule has 1 nitrogen and oxygen atoms in total. The lowest BCUT2D eigenvalue weighted by Crippen LogP contribution is -1.98. The summed E-state index contributed by atoms with van der Waals surface area (Å²) >= 11 is 0. The molecular weight excluding hydrogens is 290 g/mol. The van der Waals surface area contributed by atoms with Crippen LogP contribution in [0.3, 0.4) is 0 Å². The third kappa shape index (κ3) is 4.67. The van der Waals surface area contributed by atoms with Crippen molar-refractivity contribution in [3.63, 3.8) is 0 Å². The molecule has 0 saturated heterocycles. The van der Waals surface area contributed by atoms with E-state index in [4.69, 9.17) is 0 Å². The highest BCUT2D eigenvalue weighted by atomic mass is 14.7. The first kappa shape index (κ1) is 18.2. The van der Waals surface area contributed by atoms with Crippen molar-refractivity contribution in [2.75, 3.05) is 0 Å². The molecule has 0 atom stereocenters. The predicted octanol–water partition coefficient (Wildman–Crippen LogP) is 6.49. The topological polar surface area (TPSA) is 12.4 Å². The van der Waals surface area contributed by atoms with Gasteiger partial charge in [0.05, 0.1) is 5.69 Å². The maximum Gasteiger partial charge on any atom is 0.0660 e. The van der Waals surface area contributed by atoms with E-state index >= 15 is 0 Å². The molecule has 2 rings (SSSR count). The number of hydrogen-bond donors (Lipinski definition) is 0. The van der Waals surface area contributed by atoms with Gasteiger partial charge in [-0.2, -0.15) is 0 Å². The van der Waals surface area contributed by atoms with E-state index < -0.39 is 0 Å². The number of aliphatic imine (C=N–C) groups is 1. The van der Waals surface area contributed by atoms with Crippen molar-refractivity contribution >= 4 is 17.0 Å². The Morgan fingerprint density at radius 1 is 0.958 bits per heavy atom. The van der Waals surface area contributed by atoms with E-state index in [-0.39, 0.29) is 0 Å². The van der Waals surface area contributed by atoms with E-state index in [0.29, 0.717) is 0 Å². The van der Waals surface area contributed by atoms with Crippen molar-refractivity contribution in [1.29, 1.82) is 0 Å². The van der Waals surface area contributed by atoms with Gasteiger partial charge in [0.15, 0.2) is 0 Å². The van der Waals surface area contributed by atoms with E-state index in [1.807, 2.05) is 13.8 Å². The van der Waals surface area contributed by atoms with E-state index in [9.17, 15) is 0 Å². The minimum Gasteiger partial charge on any atom is -0.258 e. The zero-order valence-corrected chi connectivity index (χ0v) is 15.7. The first-order valence-electron chi connectivity index (χ1n) is 8.79. The summed E-state index contributed by atoms with van der Waals surface area (Å²) in [6.07, 6.45) is 3.12. The van der Waals surface area contributed by atoms with Crippen molar-refractivity contribution in [3.05, 3.63) is 70.8 Å². The summed E-state index contributed by atoms with van der Waals surface area (Å²) < 4.78 is 0. The fraction of sp³-hybridized carbons (Fsp3) is 0.348. The van der Waals surface area contributed by atoms with Gasteiger partial charge in [0.2, 0.25) is 0 Å². The van der Waals surface area contributed by atoms with Crippen molar-refractivity contribution in [2.45, 2.75) is 53.9 Å². The Morgan fingerprint density at radius 3 is 2.29 bits per heavy atom. The van der Waals surface area contributed by atoms with Crippen molar-refractivity contribution in [1.82, 2.24) is 0 Å². The smallest absolute Gasteiger partial charge is 0.0660 e. The number of aryl methyl sites for hydroxylation is 4. The van der Waals surface area contributed by atoms with Crippen LogP contribution >= 0.6 is 0 Å². The van der Waals surface area contributed by atoms with E-state index in [2.05, 4.69) is 68.7 Å². The number of nitrogens with zero attached hydrogens (tertiary/aromatic N) is 1. The molecule has 0 aliphatic rings. The summed E-state index contributed by atoms with van der Waals surface area (Å²) in [6, 6.07) is 13.4. The van der Waals surface area contributed by atoms with E-state index in [0.717, 1.165) is 36.2 Å². The van der Waals surface area contributed by atoms with Gasteiger partial charge in [-0.3, -0.25) is 4.99 Å². The quantitative estimate of drug-likeness (QED) is 0.540. The normalized spacial score (nSPS) is 10.5. The second-order valence-electron chi connectivity index (χ2n) is 6.81. The Balaban J connectivity index is 2.22. The Bertz CT molecular complexity index is 762. The average molecular weight is 319 g/mol. The molecule has 0 amide bonds. The molecule has 126 valence electrons. The molecule has 0 heterocycles. The third-order valence-corrected chi connectivity index (χ3v) is 4.34. The predicted molar refractivity (Wildman–Crippen MR) is 108 cm³/mol. The molecule has 0 spiro atoms. The summed E-state index contributed by atoms with van der Waals surface area (Å²) in [4.78, 5) is 4.65. The summed E-state index contributed by atoms with van der Waals surface area (Å²) in [7, 11) is 0. The molecule has 0 bridgehead atoms. The lowest BCUT2D eigenvalue weighted by Gasteiger charge is -2.12. The zero-order chi connectivity index (χ0) is 17.7. The Labute approximate surface area is 147 Å². The standard InChI is InChI=1S/C23H29N/c1-7-19-10-12-21(22(14-19)16(2)3)13-11-20-9-8-18(6)23(15-20)24-17(4)5/h8-10,12,14-15H,2,7,11,13H2,1,3-6H3. The van der Waals surface area contributed by atoms with E-state index in [1.165, 1.54) is 27.8 Å². The molecule has 0 aromatic heterocycles. The van der Waals surface area contributed by atoms with Gasteiger partial charge < -0.3 is 0 Å². The molecule has 0 saturated carbocycles. The summed E-state index contributed by atoms with van der Waals surface area (Å²) in [5.41, 5.74) is 9.98. The Hall–Kier alpha value is -2.15. The van der Waals surface area contributed by atoms with Crippen LogP contribution < -0.4 is 0 Å². The molecule has 0 N–H and O–H groups in total. The molecule has 2 aromatic rings. The second-order valence-corrected chi connectivity index (χ2v) is 6.81. The van der Waals surface area contributed by atoms with Crippen molar-refractivity contribution in [2.24, 2.45) is 4.99 Å². The highest BCUT2D eigenvalue weighted by Crippen LogP contribution is 2.24. The maximum atomic E-state index is 4.65. The van der Waals surface area contributed by atoms with Crippen LogP contribution in [0.5, 0.6) is 0 Å². The molecule has 0 fully saturated rings. The van der Waals surface area contributed by atoms with Crippen LogP contribution in [-0.4, -0.2) is 5.71 Å². The van der Waals surface area contributed by atoms with E-state index in [1.54, 1.807) is 0 Å². The van der Waals surface area contributed by atoms with Gasteiger partial charge in [-0.15, -0.1) is 0 Å². The first-order chi connectivity index (χ1) is 11.4. The van der Waals surface area contributed by atoms with Gasteiger partial charge in [-0.05, 0) is 80.8 Å². The third-order valence-electron chi connectivity index (χ3n) is 4.34. The highest BCUT2D eigenvalue weighted by molar-refractivity contribution is 5.82. The number of rotatable bonds is 6. The fourth-order valence-corrected chi connectivity index (χ4v) is 2.91. The molecule has 0 unspecified atom stereocenters. The van der Waals surface area contributed by atoms with Crippen molar-refractivity contribution in [3.8, 4) is 0 Å². The largest absolute Gasteiger partial charge is 0.258 e. The zero-order valence-electron chi connectivity index (χ0n) is 15.7. The number of hydrogen-bond acceptors (Lipinski definition) is 1. The number of allylic oxidation sites excluding steroid dienone is 1. The minimum atomic E-state index is 1.03. The molecule has 24 heavy (non-hydrogen) atoms. The first-order valence-corrected chi connectivity index (χ1v) is 8.79. The maximum absolute atomic E-state index is 4.65. The van der Waals surface area contributed by atoms with Crippen LogP contribution in [0.2, 0.25) is 0 Å². The molecule has 0 aliphatic carbocycles. The minimum absolute atomic E-state index is 1.03. The van der Waals surface area contributed by atoms with Crippen molar-refractivity contribution < 1.29 is 0 Å². The Kier molecular flexibility index (Phi) is 6.14. The second kappa shape index (κ2) is 8.10. The molecule has 0 aliphatic heterocycles. The average Bonchev–Trinajstić information content (AvgIpc) is 2.54. The summed E-state index contributed by atoms with van der Waals surface area (Å²) in [5, 5.41) is 0. The molecule has 1 heteroatoms. The van der Waals surface area contributed by atoms with Crippen LogP contribution in [0, 0.1) is 6.92 Å². The molecule has 2 aromatic carbocycles. The molecule has 0 radical (unpaired) electrons. The van der Waals surface area contributed by atoms with Gasteiger partial charge in [0.25, 0.3) is 0 Å². The summed E-state index contributed by atoms with van der Waals surface area (Å²) in [6.45, 7) is 14.7. The van der Waals surface area contributed by atoms with Gasteiger partial charge in [0.1, 0.15) is 0 Å².